The molecule has 260 valence electrons. The number of amides is 2. The first kappa shape index (κ1) is 35.0. The molecule has 2 aliphatic heterocycles. The number of nitrogens with zero attached hydrogens (tertiary/aromatic N) is 1. The van der Waals surface area contributed by atoms with Crippen molar-refractivity contribution in [1.82, 2.24) is 10.2 Å². The van der Waals surface area contributed by atoms with E-state index < -0.39 is 41.9 Å². The number of carbonyl (C=O) groups is 4. The van der Waals surface area contributed by atoms with E-state index >= 15 is 0 Å². The second-order valence-corrected chi connectivity index (χ2v) is 11.5. The second kappa shape index (κ2) is 15.7. The Balaban J connectivity index is 1.58. The summed E-state index contributed by atoms with van der Waals surface area (Å²) in [5.41, 5.74) is 1.77. The number of hydrogen-bond acceptors (Lipinski definition) is 11. The maximum absolute atomic E-state index is 14.6. The third-order valence-electron chi connectivity index (χ3n) is 8.20. The molecule has 0 spiro atoms. The average Bonchev–Trinajstić information content (AvgIpc) is 3.48. The van der Waals surface area contributed by atoms with E-state index in [2.05, 4.69) is 5.32 Å². The molecule has 2 heterocycles. The van der Waals surface area contributed by atoms with Crippen molar-refractivity contribution in [1.29, 1.82) is 0 Å². The normalized spacial score (nSPS) is 18.3. The van der Waals surface area contributed by atoms with Crippen LogP contribution in [0.2, 0.25) is 0 Å². The highest BCUT2D eigenvalue weighted by molar-refractivity contribution is 6.02. The Morgan fingerprint density at radius 1 is 0.898 bits per heavy atom. The highest BCUT2D eigenvalue weighted by Crippen LogP contribution is 2.40. The Labute approximate surface area is 282 Å². The Morgan fingerprint density at radius 3 is 2.20 bits per heavy atom. The van der Waals surface area contributed by atoms with Gasteiger partial charge in [0.2, 0.25) is 13.0 Å². The number of benzene rings is 3. The largest absolute Gasteiger partial charge is 0.467 e. The monoisotopic (exact) mass is 678 g/mol. The molecule has 0 saturated carbocycles. The molecule has 3 aromatic carbocycles. The number of nitrogens with one attached hydrogen (secondary N) is 1. The van der Waals surface area contributed by atoms with Crippen molar-refractivity contribution < 1.29 is 57.4 Å². The van der Waals surface area contributed by atoms with E-state index in [1.807, 2.05) is 0 Å². The van der Waals surface area contributed by atoms with Crippen LogP contribution >= 0.6 is 0 Å². The van der Waals surface area contributed by atoms with Gasteiger partial charge in [-0.25, -0.2) is 9.59 Å². The lowest BCUT2D eigenvalue weighted by atomic mass is 9.86. The summed E-state index contributed by atoms with van der Waals surface area (Å²) in [7, 11) is 2.92. The van der Waals surface area contributed by atoms with Crippen molar-refractivity contribution in [3.8, 4) is 23.0 Å². The molecule has 14 heteroatoms. The number of ether oxygens (including phenoxy) is 7. The van der Waals surface area contributed by atoms with Crippen LogP contribution in [0, 0.1) is 19.8 Å². The van der Waals surface area contributed by atoms with Crippen molar-refractivity contribution in [3.63, 3.8) is 0 Å². The molecule has 1 fully saturated rings. The van der Waals surface area contributed by atoms with Crippen LogP contribution in [0.25, 0.3) is 0 Å². The highest BCUT2D eigenvalue weighted by atomic mass is 16.7. The molecule has 1 saturated heterocycles. The van der Waals surface area contributed by atoms with Crippen molar-refractivity contribution in [3.05, 3.63) is 82.4 Å². The maximum atomic E-state index is 14.6. The molecule has 2 aliphatic rings. The smallest absolute Gasteiger partial charge is 0.410 e. The summed E-state index contributed by atoms with van der Waals surface area (Å²) in [5, 5.41) is 13.2. The zero-order valence-corrected chi connectivity index (χ0v) is 27.6. The molecule has 0 aromatic heterocycles. The Kier molecular flexibility index (Phi) is 11.2. The van der Waals surface area contributed by atoms with Crippen LogP contribution in [0.5, 0.6) is 23.0 Å². The van der Waals surface area contributed by atoms with Crippen LogP contribution in [0.1, 0.15) is 55.0 Å². The predicted molar refractivity (Wildman–Crippen MR) is 172 cm³/mol. The summed E-state index contributed by atoms with van der Waals surface area (Å²) in [4.78, 5) is 55.6. The molecule has 3 aromatic rings. The van der Waals surface area contributed by atoms with E-state index in [1.165, 1.54) is 38.5 Å². The number of Topliss-reactive ketones (excluding diaryl/α,β-unsaturated/α-hetero) is 1. The number of fused-ring (bicyclic) bond motifs is 1. The predicted octanol–water partition coefficient (Wildman–Crippen LogP) is 4.55. The lowest BCUT2D eigenvalue weighted by Gasteiger charge is -2.35. The van der Waals surface area contributed by atoms with Gasteiger partial charge in [-0.05, 0) is 68.1 Å². The molecule has 0 aliphatic carbocycles. The summed E-state index contributed by atoms with van der Waals surface area (Å²) in [6.45, 7) is 3.23. The van der Waals surface area contributed by atoms with Gasteiger partial charge in [-0.3, -0.25) is 14.5 Å². The first-order valence-electron chi connectivity index (χ1n) is 15.5. The van der Waals surface area contributed by atoms with Crippen LogP contribution < -0.4 is 24.3 Å². The summed E-state index contributed by atoms with van der Waals surface area (Å²) in [6, 6.07) is 12.9. The van der Waals surface area contributed by atoms with E-state index in [-0.39, 0.29) is 62.2 Å². The van der Waals surface area contributed by atoms with Gasteiger partial charge in [0.1, 0.15) is 11.5 Å². The van der Waals surface area contributed by atoms with Crippen LogP contribution in [-0.4, -0.2) is 87.2 Å². The van der Waals surface area contributed by atoms with Gasteiger partial charge >= 0.3 is 12.1 Å². The van der Waals surface area contributed by atoms with Gasteiger partial charge in [0, 0.05) is 38.3 Å². The number of rotatable bonds is 12. The van der Waals surface area contributed by atoms with Gasteiger partial charge < -0.3 is 43.6 Å². The van der Waals surface area contributed by atoms with Crippen LogP contribution in [0.15, 0.2) is 54.6 Å². The SMILES string of the molecule is COCOc1cc2c(cc1C(=O)C1CCCN(C(=O)O)C(OC(=O)c3ccccc3)C1NC(=O)c1cc(C)c(OCOC)c(C)c1)OCO2. The molecular weight excluding hydrogens is 640 g/mol. The van der Waals surface area contributed by atoms with Crippen molar-refractivity contribution in [2.75, 3.05) is 41.1 Å². The summed E-state index contributed by atoms with van der Waals surface area (Å²) in [6.07, 6.45) is -2.63. The number of carbonyl (C=O) groups excluding carboxylic acids is 3. The highest BCUT2D eigenvalue weighted by Gasteiger charge is 2.45. The van der Waals surface area contributed by atoms with Gasteiger partial charge in [0.15, 0.2) is 30.9 Å². The molecule has 2 N–H and O–H groups in total. The molecular formula is C35H38N2O12. The lowest BCUT2D eigenvalue weighted by Crippen LogP contribution is -2.58. The molecule has 0 radical (unpaired) electrons. The summed E-state index contributed by atoms with van der Waals surface area (Å²) >= 11 is 0. The van der Waals surface area contributed by atoms with Gasteiger partial charge in [0.25, 0.3) is 5.91 Å². The molecule has 3 unspecified atom stereocenters. The Bertz CT molecular complexity index is 1670. The zero-order chi connectivity index (χ0) is 35.1. The van der Waals surface area contributed by atoms with Crippen LogP contribution in [0.3, 0.4) is 0 Å². The minimum absolute atomic E-state index is 0.00845. The first-order chi connectivity index (χ1) is 23.6. The molecule has 0 bridgehead atoms. The lowest BCUT2D eigenvalue weighted by molar-refractivity contribution is -0.0416. The van der Waals surface area contributed by atoms with Crippen LogP contribution in [0.4, 0.5) is 4.79 Å². The second-order valence-electron chi connectivity index (χ2n) is 11.5. The molecule has 3 atom stereocenters. The number of ketones is 1. The number of methoxy groups -OCH3 is 2. The minimum Gasteiger partial charge on any atom is -0.467 e. The molecule has 49 heavy (non-hydrogen) atoms. The van der Waals surface area contributed by atoms with Gasteiger partial charge in [-0.1, -0.05) is 18.2 Å². The van der Waals surface area contributed by atoms with Gasteiger partial charge in [-0.15, -0.1) is 0 Å². The Hall–Kier alpha value is -5.34. The Morgan fingerprint density at radius 2 is 1.55 bits per heavy atom. The fourth-order valence-corrected chi connectivity index (χ4v) is 5.96. The van der Waals surface area contributed by atoms with Gasteiger partial charge in [-0.2, -0.15) is 0 Å². The maximum Gasteiger partial charge on any atom is 0.410 e. The first-order valence-corrected chi connectivity index (χ1v) is 15.5. The van der Waals surface area contributed by atoms with E-state index in [0.29, 0.717) is 28.4 Å². The number of esters is 1. The minimum atomic E-state index is -1.59. The van der Waals surface area contributed by atoms with Crippen LogP contribution in [-0.2, 0) is 14.2 Å². The molecule has 5 rings (SSSR count). The molecule has 14 nitrogen and oxygen atoms in total. The number of likely N-dealkylation sites (tertiary alicyclic amines) is 1. The quantitative estimate of drug-likeness (QED) is 0.156. The summed E-state index contributed by atoms with van der Waals surface area (Å²) < 4.78 is 38.4. The van der Waals surface area contributed by atoms with Gasteiger partial charge in [0.05, 0.1) is 17.2 Å². The van der Waals surface area contributed by atoms with E-state index in [4.69, 9.17) is 33.2 Å². The van der Waals surface area contributed by atoms with E-state index in [0.717, 1.165) is 4.90 Å². The fourth-order valence-electron chi connectivity index (χ4n) is 5.96. The number of carboxylic acid groups (broad SMARTS) is 1. The van der Waals surface area contributed by atoms with E-state index in [1.54, 1.807) is 44.2 Å². The number of aryl methyl sites for hydroxylation is 2. The average molecular weight is 679 g/mol. The van der Waals surface area contributed by atoms with Crippen molar-refractivity contribution in [2.24, 2.45) is 5.92 Å². The fraction of sp³-hybridized carbons (Fsp3) is 0.371. The van der Waals surface area contributed by atoms with Crippen molar-refractivity contribution in [2.45, 2.75) is 39.0 Å². The topological polar surface area (TPSA) is 168 Å². The standard InChI is InChI=1S/C35H38N2O12/c1-20-13-23(14-21(2)31(20)48-18-44-4)32(39)36-29-24(30(38)25-15-27-28(47-19-46-27)16-26(25)45-17-43-3)11-8-12-37(35(41)42)33(29)49-34(40)22-9-6-5-7-10-22/h5-7,9-10,13-16,24,29,33H,8,11-12,17-19H2,1-4H3,(H,36,39)(H,41,42). The van der Waals surface area contributed by atoms with E-state index in [9.17, 15) is 24.3 Å². The van der Waals surface area contributed by atoms with Crippen molar-refractivity contribution >= 4 is 23.8 Å². The zero-order valence-electron chi connectivity index (χ0n) is 27.6. The third-order valence-corrected chi connectivity index (χ3v) is 8.20. The summed E-state index contributed by atoms with van der Waals surface area (Å²) in [5.74, 6) is -1.69. The third kappa shape index (κ3) is 7.87. The number of hydrogen-bond donors (Lipinski definition) is 2. The molecule has 2 amide bonds.